The maximum absolute atomic E-state index is 12.7. The number of halogens is 3. The first-order valence-corrected chi connectivity index (χ1v) is 5.86. The minimum absolute atomic E-state index is 0.0567. The SMILES string of the molecule is COC(=O)CN(C)c1ccc(C(F)(F)F)cc1C(N)=S. The Morgan fingerprint density at radius 3 is 2.50 bits per heavy atom. The van der Waals surface area contributed by atoms with Gasteiger partial charge in [-0.15, -0.1) is 0 Å². The number of nitrogens with two attached hydrogens (primary N) is 1. The third-order valence-corrected chi connectivity index (χ3v) is 2.81. The summed E-state index contributed by atoms with van der Waals surface area (Å²) in [5.41, 5.74) is 4.98. The van der Waals surface area contributed by atoms with Gasteiger partial charge in [-0.3, -0.25) is 4.79 Å². The molecule has 0 saturated carbocycles. The van der Waals surface area contributed by atoms with Gasteiger partial charge < -0.3 is 15.4 Å². The standard InChI is InChI=1S/C12H13F3N2O2S/c1-17(6-10(18)19-2)9-4-3-7(12(13,14)15)5-8(9)11(16)20/h3-5H,6H2,1-2H3,(H2,16,20). The summed E-state index contributed by atoms with van der Waals surface area (Å²) in [5.74, 6) is -0.527. The van der Waals surface area contributed by atoms with Gasteiger partial charge in [-0.2, -0.15) is 13.2 Å². The smallest absolute Gasteiger partial charge is 0.416 e. The Labute approximate surface area is 119 Å². The maximum atomic E-state index is 12.7. The average molecular weight is 306 g/mol. The molecule has 0 aliphatic carbocycles. The molecule has 110 valence electrons. The van der Waals surface area contributed by atoms with Gasteiger partial charge in [-0.05, 0) is 18.2 Å². The van der Waals surface area contributed by atoms with Gasteiger partial charge in [0.2, 0.25) is 0 Å². The zero-order valence-corrected chi connectivity index (χ0v) is 11.6. The van der Waals surface area contributed by atoms with E-state index < -0.39 is 17.7 Å². The van der Waals surface area contributed by atoms with Crippen molar-refractivity contribution >= 4 is 28.9 Å². The monoisotopic (exact) mass is 306 g/mol. The number of methoxy groups -OCH3 is 1. The molecule has 0 aliphatic heterocycles. The fourth-order valence-corrected chi connectivity index (χ4v) is 1.75. The van der Waals surface area contributed by atoms with Crippen molar-refractivity contribution in [3.05, 3.63) is 29.3 Å². The normalized spacial score (nSPS) is 11.1. The van der Waals surface area contributed by atoms with Crippen LogP contribution in [0.3, 0.4) is 0 Å². The van der Waals surface area contributed by atoms with Gasteiger partial charge in [0.15, 0.2) is 0 Å². The lowest BCUT2D eigenvalue weighted by atomic mass is 10.1. The fraction of sp³-hybridized carbons (Fsp3) is 0.333. The molecule has 0 saturated heterocycles. The number of anilines is 1. The fourth-order valence-electron chi connectivity index (χ4n) is 1.59. The highest BCUT2D eigenvalue weighted by atomic mass is 32.1. The van der Waals surface area contributed by atoms with E-state index in [1.54, 1.807) is 0 Å². The summed E-state index contributed by atoms with van der Waals surface area (Å²) < 4.78 is 42.5. The van der Waals surface area contributed by atoms with E-state index in [9.17, 15) is 18.0 Å². The number of esters is 1. The van der Waals surface area contributed by atoms with Gasteiger partial charge in [-0.25, -0.2) is 0 Å². The number of alkyl halides is 3. The second-order valence-corrected chi connectivity index (χ2v) is 4.47. The number of ether oxygens (including phenoxy) is 1. The number of likely N-dealkylation sites (N-methyl/N-ethyl adjacent to an activating group) is 1. The molecule has 0 aromatic heterocycles. The van der Waals surface area contributed by atoms with Crippen LogP contribution in [-0.4, -0.2) is 31.7 Å². The molecule has 0 spiro atoms. The number of rotatable bonds is 4. The molecule has 0 radical (unpaired) electrons. The molecule has 0 heterocycles. The van der Waals surface area contributed by atoms with Crippen molar-refractivity contribution in [1.29, 1.82) is 0 Å². The Balaban J connectivity index is 3.20. The van der Waals surface area contributed by atoms with Gasteiger partial charge >= 0.3 is 12.1 Å². The van der Waals surface area contributed by atoms with Gasteiger partial charge in [-0.1, -0.05) is 12.2 Å². The minimum Gasteiger partial charge on any atom is -0.468 e. The molecule has 8 heteroatoms. The molecule has 0 aliphatic rings. The Morgan fingerprint density at radius 2 is 2.05 bits per heavy atom. The topological polar surface area (TPSA) is 55.6 Å². The van der Waals surface area contributed by atoms with Crippen LogP contribution in [-0.2, 0) is 15.7 Å². The van der Waals surface area contributed by atoms with E-state index in [1.165, 1.54) is 25.1 Å². The second-order valence-electron chi connectivity index (χ2n) is 4.03. The minimum atomic E-state index is -4.49. The summed E-state index contributed by atoms with van der Waals surface area (Å²) in [5, 5.41) is 0. The molecule has 0 amide bonds. The van der Waals surface area contributed by atoms with Crippen LogP contribution in [0.25, 0.3) is 0 Å². The second kappa shape index (κ2) is 6.08. The maximum Gasteiger partial charge on any atom is 0.416 e. The van der Waals surface area contributed by atoms with Crippen molar-refractivity contribution in [2.75, 3.05) is 25.6 Å². The summed E-state index contributed by atoms with van der Waals surface area (Å²) in [6.07, 6.45) is -4.49. The third-order valence-electron chi connectivity index (χ3n) is 2.59. The molecule has 0 fully saturated rings. The predicted octanol–water partition coefficient (Wildman–Crippen LogP) is 1.95. The van der Waals surface area contributed by atoms with Crippen LogP contribution in [0.5, 0.6) is 0 Å². The molecule has 1 rings (SSSR count). The zero-order valence-electron chi connectivity index (χ0n) is 10.8. The highest BCUT2D eigenvalue weighted by molar-refractivity contribution is 7.80. The van der Waals surface area contributed by atoms with Crippen LogP contribution >= 0.6 is 12.2 Å². The number of carbonyl (C=O) groups is 1. The van der Waals surface area contributed by atoms with Gasteiger partial charge in [0.25, 0.3) is 0 Å². The molecule has 1 aromatic carbocycles. The first-order valence-electron chi connectivity index (χ1n) is 5.45. The molecular weight excluding hydrogens is 293 g/mol. The van der Waals surface area contributed by atoms with Crippen LogP contribution in [0.2, 0.25) is 0 Å². The van der Waals surface area contributed by atoms with Crippen molar-refractivity contribution in [2.24, 2.45) is 5.73 Å². The van der Waals surface area contributed by atoms with E-state index in [2.05, 4.69) is 4.74 Å². The van der Waals surface area contributed by atoms with E-state index in [1.807, 2.05) is 0 Å². The summed E-state index contributed by atoms with van der Waals surface area (Å²) in [6.45, 7) is -0.128. The summed E-state index contributed by atoms with van der Waals surface area (Å²) in [4.78, 5) is 12.4. The number of benzene rings is 1. The molecular formula is C12H13F3N2O2S. The van der Waals surface area contributed by atoms with Crippen LogP contribution in [0.15, 0.2) is 18.2 Å². The Bertz CT molecular complexity index is 532. The van der Waals surface area contributed by atoms with Crippen molar-refractivity contribution in [3.63, 3.8) is 0 Å². The lowest BCUT2D eigenvalue weighted by molar-refractivity contribution is -0.139. The van der Waals surface area contributed by atoms with Gasteiger partial charge in [0.1, 0.15) is 11.5 Å². The first-order chi connectivity index (χ1) is 9.16. The lowest BCUT2D eigenvalue weighted by Crippen LogP contribution is -2.29. The number of hydrogen-bond donors (Lipinski definition) is 1. The van der Waals surface area contributed by atoms with Crippen molar-refractivity contribution in [3.8, 4) is 0 Å². The summed E-state index contributed by atoms with van der Waals surface area (Å²) in [6, 6.07) is 3.00. The zero-order chi connectivity index (χ0) is 15.5. The number of thiocarbonyl (C=S) groups is 1. The number of hydrogen-bond acceptors (Lipinski definition) is 4. The van der Waals surface area contributed by atoms with Crippen molar-refractivity contribution in [1.82, 2.24) is 0 Å². The van der Waals surface area contributed by atoms with E-state index in [4.69, 9.17) is 18.0 Å². The van der Waals surface area contributed by atoms with Crippen LogP contribution in [0.1, 0.15) is 11.1 Å². The largest absolute Gasteiger partial charge is 0.468 e. The van der Waals surface area contributed by atoms with Gasteiger partial charge in [0, 0.05) is 18.3 Å². The van der Waals surface area contributed by atoms with E-state index in [0.29, 0.717) is 5.69 Å². The molecule has 4 nitrogen and oxygen atoms in total. The first kappa shape index (κ1) is 16.2. The highest BCUT2D eigenvalue weighted by Crippen LogP contribution is 2.32. The quantitative estimate of drug-likeness (QED) is 0.680. The highest BCUT2D eigenvalue weighted by Gasteiger charge is 2.31. The Kier molecular flexibility index (Phi) is 4.93. The molecule has 0 unspecified atom stereocenters. The molecule has 2 N–H and O–H groups in total. The number of carbonyl (C=O) groups excluding carboxylic acids is 1. The van der Waals surface area contributed by atoms with Crippen LogP contribution < -0.4 is 10.6 Å². The lowest BCUT2D eigenvalue weighted by Gasteiger charge is -2.22. The van der Waals surface area contributed by atoms with E-state index in [-0.39, 0.29) is 17.1 Å². The Morgan fingerprint density at radius 1 is 1.45 bits per heavy atom. The van der Waals surface area contributed by atoms with Crippen LogP contribution in [0, 0.1) is 0 Å². The summed E-state index contributed by atoms with van der Waals surface area (Å²) in [7, 11) is 2.75. The Hall–Kier alpha value is -1.83. The van der Waals surface area contributed by atoms with E-state index >= 15 is 0 Å². The summed E-state index contributed by atoms with van der Waals surface area (Å²) >= 11 is 4.76. The average Bonchev–Trinajstić information content (AvgIpc) is 2.36. The third kappa shape index (κ3) is 3.83. The van der Waals surface area contributed by atoms with Crippen molar-refractivity contribution < 1.29 is 22.7 Å². The molecule has 1 aromatic rings. The van der Waals surface area contributed by atoms with Gasteiger partial charge in [0.05, 0.1) is 12.7 Å². The number of nitrogens with zero attached hydrogens (tertiary/aromatic N) is 1. The molecule has 0 atom stereocenters. The van der Waals surface area contributed by atoms with E-state index in [0.717, 1.165) is 12.1 Å². The molecule has 20 heavy (non-hydrogen) atoms. The van der Waals surface area contributed by atoms with Crippen molar-refractivity contribution in [2.45, 2.75) is 6.18 Å². The van der Waals surface area contributed by atoms with Crippen LogP contribution in [0.4, 0.5) is 18.9 Å². The predicted molar refractivity (Wildman–Crippen MR) is 72.6 cm³/mol. The molecule has 0 bridgehead atoms.